The van der Waals surface area contributed by atoms with Gasteiger partial charge in [-0.25, -0.2) is 4.98 Å². The molecule has 0 aliphatic rings. The smallest absolute Gasteiger partial charge is 0.259 e. The summed E-state index contributed by atoms with van der Waals surface area (Å²) in [5.74, 6) is 5.24. The molecule has 5 nitrogen and oxygen atoms in total. The molecule has 0 radical (unpaired) electrons. The van der Waals surface area contributed by atoms with Crippen LogP contribution in [0.3, 0.4) is 0 Å². The van der Waals surface area contributed by atoms with E-state index in [1.165, 1.54) is 11.3 Å². The van der Waals surface area contributed by atoms with E-state index in [1.807, 2.05) is 24.4 Å². The van der Waals surface area contributed by atoms with Crippen molar-refractivity contribution < 1.29 is 4.79 Å². The first kappa shape index (κ1) is 15.5. The fraction of sp³-hybridized carbons (Fsp3) is 0.333. The molecule has 0 bridgehead atoms. The first-order chi connectivity index (χ1) is 9.81. The molecule has 6 heteroatoms. The lowest BCUT2D eigenvalue weighted by molar-refractivity contribution is 0.102. The highest BCUT2D eigenvalue weighted by atomic mass is 32.1. The molecule has 21 heavy (non-hydrogen) atoms. The fourth-order valence-electron chi connectivity index (χ4n) is 1.82. The number of aromatic nitrogens is 1. The summed E-state index contributed by atoms with van der Waals surface area (Å²) in [6.45, 7) is 8.21. The molecule has 112 valence electrons. The molecular formula is C15H20N4OS. The fourth-order valence-corrected chi connectivity index (χ4v) is 2.75. The monoisotopic (exact) mass is 304 g/mol. The van der Waals surface area contributed by atoms with Gasteiger partial charge in [-0.3, -0.25) is 16.0 Å². The van der Waals surface area contributed by atoms with Gasteiger partial charge in [-0.1, -0.05) is 26.8 Å². The molecule has 0 saturated heterocycles. The zero-order valence-corrected chi connectivity index (χ0v) is 13.5. The Bertz CT molecular complexity index is 658. The van der Waals surface area contributed by atoms with Gasteiger partial charge in [-0.2, -0.15) is 0 Å². The van der Waals surface area contributed by atoms with E-state index < -0.39 is 0 Å². The van der Waals surface area contributed by atoms with Crippen molar-refractivity contribution in [1.82, 2.24) is 4.98 Å². The molecule has 4 N–H and O–H groups in total. The van der Waals surface area contributed by atoms with Gasteiger partial charge in [0.15, 0.2) is 5.13 Å². The van der Waals surface area contributed by atoms with Crippen LogP contribution in [0.15, 0.2) is 23.6 Å². The molecule has 2 rings (SSSR count). The van der Waals surface area contributed by atoms with Crippen LogP contribution in [-0.4, -0.2) is 10.9 Å². The number of hydrazine groups is 1. The van der Waals surface area contributed by atoms with Crippen molar-refractivity contribution in [3.8, 4) is 0 Å². The summed E-state index contributed by atoms with van der Waals surface area (Å²) in [4.78, 5) is 16.8. The Morgan fingerprint density at radius 2 is 2.05 bits per heavy atom. The molecule has 0 saturated carbocycles. The second-order valence-corrected chi connectivity index (χ2v) is 6.79. The van der Waals surface area contributed by atoms with Gasteiger partial charge in [0, 0.05) is 10.8 Å². The lowest BCUT2D eigenvalue weighted by Gasteiger charge is -2.14. The van der Waals surface area contributed by atoms with Crippen LogP contribution in [0, 0.1) is 6.92 Å². The van der Waals surface area contributed by atoms with Gasteiger partial charge in [0.25, 0.3) is 5.91 Å². The number of nitrogens with two attached hydrogens (primary N) is 1. The van der Waals surface area contributed by atoms with Gasteiger partial charge in [0.05, 0.1) is 16.9 Å². The van der Waals surface area contributed by atoms with E-state index in [0.29, 0.717) is 16.4 Å². The molecule has 1 heterocycles. The van der Waals surface area contributed by atoms with Crippen LogP contribution >= 0.6 is 11.3 Å². The van der Waals surface area contributed by atoms with Crippen LogP contribution in [-0.2, 0) is 5.41 Å². The minimum Gasteiger partial charge on any atom is -0.323 e. The number of rotatable bonds is 3. The van der Waals surface area contributed by atoms with Crippen molar-refractivity contribution >= 4 is 28.1 Å². The van der Waals surface area contributed by atoms with Gasteiger partial charge in [0.1, 0.15) is 0 Å². The highest BCUT2D eigenvalue weighted by Crippen LogP contribution is 2.27. The number of hydrogen-bond acceptors (Lipinski definition) is 5. The number of benzene rings is 1. The summed E-state index contributed by atoms with van der Waals surface area (Å²) in [6, 6.07) is 5.45. The molecule has 2 aromatic rings. The number of thiazole rings is 1. The molecule has 1 amide bonds. The Morgan fingerprint density at radius 3 is 2.62 bits per heavy atom. The van der Waals surface area contributed by atoms with Gasteiger partial charge >= 0.3 is 0 Å². The number of nitrogen functional groups attached to an aromatic ring is 1. The van der Waals surface area contributed by atoms with E-state index >= 15 is 0 Å². The van der Waals surface area contributed by atoms with Crippen LogP contribution in [0.25, 0.3) is 0 Å². The Morgan fingerprint density at radius 1 is 1.33 bits per heavy atom. The van der Waals surface area contributed by atoms with Crippen LogP contribution in [0.4, 0.5) is 10.8 Å². The molecule has 0 spiro atoms. The maximum absolute atomic E-state index is 12.3. The molecule has 0 atom stereocenters. The summed E-state index contributed by atoms with van der Waals surface area (Å²) in [6.07, 6.45) is 0. The maximum atomic E-state index is 12.3. The van der Waals surface area contributed by atoms with Crippen molar-refractivity contribution in [3.05, 3.63) is 40.4 Å². The molecule has 0 fully saturated rings. The number of anilines is 2. The topological polar surface area (TPSA) is 80.0 Å². The zero-order valence-electron chi connectivity index (χ0n) is 12.7. The number of aryl methyl sites for hydroxylation is 1. The molecular weight excluding hydrogens is 284 g/mol. The van der Waals surface area contributed by atoms with E-state index in [9.17, 15) is 4.79 Å². The van der Waals surface area contributed by atoms with Gasteiger partial charge in [-0.15, -0.1) is 11.3 Å². The summed E-state index contributed by atoms with van der Waals surface area (Å²) >= 11 is 1.42. The Hall–Kier alpha value is -1.92. The molecule has 1 aromatic carbocycles. The lowest BCUT2D eigenvalue weighted by Crippen LogP contribution is -2.18. The normalized spacial score (nSPS) is 11.3. The van der Waals surface area contributed by atoms with Crippen molar-refractivity contribution in [2.45, 2.75) is 33.1 Å². The van der Waals surface area contributed by atoms with Crippen molar-refractivity contribution in [2.24, 2.45) is 5.84 Å². The minimum atomic E-state index is -0.224. The predicted octanol–water partition coefficient (Wildman–Crippen LogP) is 3.29. The van der Waals surface area contributed by atoms with E-state index in [4.69, 9.17) is 5.84 Å². The lowest BCUT2D eigenvalue weighted by atomic mass is 9.93. The summed E-state index contributed by atoms with van der Waals surface area (Å²) in [5, 5.41) is 5.37. The largest absolute Gasteiger partial charge is 0.323 e. The van der Waals surface area contributed by atoms with Crippen molar-refractivity contribution in [1.29, 1.82) is 0 Å². The van der Waals surface area contributed by atoms with Crippen molar-refractivity contribution in [2.75, 3.05) is 10.7 Å². The van der Waals surface area contributed by atoms with Gasteiger partial charge in [0.2, 0.25) is 0 Å². The Kier molecular flexibility index (Phi) is 4.29. The third-order valence-corrected chi connectivity index (χ3v) is 3.83. The van der Waals surface area contributed by atoms with Crippen LogP contribution < -0.4 is 16.6 Å². The van der Waals surface area contributed by atoms with Crippen molar-refractivity contribution in [3.63, 3.8) is 0 Å². The van der Waals surface area contributed by atoms with Gasteiger partial charge < -0.3 is 5.43 Å². The highest BCUT2D eigenvalue weighted by molar-refractivity contribution is 7.14. The molecule has 0 unspecified atom stereocenters. The Labute approximate surface area is 128 Å². The molecule has 1 aromatic heterocycles. The minimum absolute atomic E-state index is 0.0344. The number of carbonyl (C=O) groups is 1. The molecule has 0 aliphatic heterocycles. The quantitative estimate of drug-likeness (QED) is 0.600. The summed E-state index contributed by atoms with van der Waals surface area (Å²) in [5.41, 5.74) is 5.61. The van der Waals surface area contributed by atoms with E-state index in [2.05, 4.69) is 36.5 Å². The second-order valence-electron chi connectivity index (χ2n) is 5.94. The summed E-state index contributed by atoms with van der Waals surface area (Å²) in [7, 11) is 0. The number of nitrogens with zero attached hydrogens (tertiary/aromatic N) is 1. The van der Waals surface area contributed by atoms with E-state index in [1.54, 1.807) is 6.07 Å². The SMILES string of the molecule is Cc1ccc(C(=O)Nc2nc(C(C)(C)C)cs2)c(NN)c1. The van der Waals surface area contributed by atoms with Crippen LogP contribution in [0.1, 0.15) is 42.4 Å². The highest BCUT2D eigenvalue weighted by Gasteiger charge is 2.19. The van der Waals surface area contributed by atoms with E-state index in [-0.39, 0.29) is 11.3 Å². The second kappa shape index (κ2) is 5.83. The zero-order chi connectivity index (χ0) is 15.6. The van der Waals surface area contributed by atoms with Crippen LogP contribution in [0.2, 0.25) is 0 Å². The first-order valence-electron chi connectivity index (χ1n) is 6.66. The standard InChI is InChI=1S/C15H20N4OS/c1-9-5-6-10(11(7-9)19-16)13(20)18-14-17-12(8-21-14)15(2,3)4/h5-8,19H,16H2,1-4H3,(H,17,18,20). The third kappa shape index (κ3) is 3.59. The average molecular weight is 304 g/mol. The Balaban J connectivity index is 2.20. The van der Waals surface area contributed by atoms with E-state index in [0.717, 1.165) is 11.3 Å². The average Bonchev–Trinajstić information content (AvgIpc) is 2.86. The molecule has 0 aliphatic carbocycles. The first-order valence-corrected chi connectivity index (χ1v) is 7.54. The number of hydrogen-bond donors (Lipinski definition) is 3. The van der Waals surface area contributed by atoms with Crippen LogP contribution in [0.5, 0.6) is 0 Å². The maximum Gasteiger partial charge on any atom is 0.259 e. The number of nitrogens with one attached hydrogen (secondary N) is 2. The summed E-state index contributed by atoms with van der Waals surface area (Å²) < 4.78 is 0. The van der Waals surface area contributed by atoms with Gasteiger partial charge in [-0.05, 0) is 24.6 Å². The number of amides is 1. The number of carbonyl (C=O) groups excluding carboxylic acids is 1. The third-order valence-electron chi connectivity index (χ3n) is 3.07. The predicted molar refractivity (Wildman–Crippen MR) is 87.8 cm³/mol.